The molecular formula is C18H17N3O2S. The molecule has 5 nitrogen and oxygen atoms in total. The molecule has 1 aromatic heterocycles. The molecule has 122 valence electrons. The van der Waals surface area contributed by atoms with Crippen LogP contribution in [0, 0.1) is 11.8 Å². The Morgan fingerprint density at radius 1 is 1.04 bits per heavy atom. The number of nitrogens with two attached hydrogens (primary N) is 1. The first-order valence-electron chi connectivity index (χ1n) is 7.49. The van der Waals surface area contributed by atoms with Crippen LogP contribution < -0.4 is 5.73 Å². The number of nitrogen functional groups attached to an aromatic ring is 1. The highest BCUT2D eigenvalue weighted by Crippen LogP contribution is 2.23. The van der Waals surface area contributed by atoms with E-state index >= 15 is 0 Å². The van der Waals surface area contributed by atoms with E-state index in [1.165, 1.54) is 0 Å². The van der Waals surface area contributed by atoms with Gasteiger partial charge in [0, 0.05) is 11.1 Å². The Labute approximate surface area is 141 Å². The van der Waals surface area contributed by atoms with E-state index in [2.05, 4.69) is 16.8 Å². The molecule has 0 fully saturated rings. The summed E-state index contributed by atoms with van der Waals surface area (Å²) < 4.78 is 26.1. The van der Waals surface area contributed by atoms with Crippen molar-refractivity contribution in [1.29, 1.82) is 0 Å². The average Bonchev–Trinajstić information content (AvgIpc) is 2.89. The minimum Gasteiger partial charge on any atom is -0.368 e. The lowest BCUT2D eigenvalue weighted by atomic mass is 10.1. The van der Waals surface area contributed by atoms with Gasteiger partial charge in [-0.25, -0.2) is 17.4 Å². The third kappa shape index (κ3) is 2.86. The highest BCUT2D eigenvalue weighted by Gasteiger charge is 2.24. The van der Waals surface area contributed by atoms with E-state index in [1.807, 2.05) is 30.3 Å². The molecule has 0 aliphatic carbocycles. The van der Waals surface area contributed by atoms with Crippen LogP contribution >= 0.6 is 0 Å². The zero-order valence-corrected chi connectivity index (χ0v) is 14.2. The Bertz CT molecular complexity index is 1060. The number of fused-ring (bicyclic) bond motifs is 1. The molecule has 0 aliphatic rings. The van der Waals surface area contributed by atoms with Crippen molar-refractivity contribution in [3.63, 3.8) is 0 Å². The normalized spacial score (nSPS) is 11.5. The second-order valence-electron chi connectivity index (χ2n) is 5.65. The molecule has 24 heavy (non-hydrogen) atoms. The number of rotatable bonds is 2. The zero-order chi connectivity index (χ0) is 17.3. The summed E-state index contributed by atoms with van der Waals surface area (Å²) in [6, 6.07) is 14.8. The standard InChI is InChI=1S/C18H17N3O2S/c1-13(2)24(22,23)21-17-12-15(10-11-16(17)20-18(21)19)9-8-14-6-4-3-5-7-14/h3-7,10-13H,1-2H3,(H2,19,20). The average molecular weight is 339 g/mol. The van der Waals surface area contributed by atoms with E-state index in [0.29, 0.717) is 16.6 Å². The summed E-state index contributed by atoms with van der Waals surface area (Å²) in [5.74, 6) is 6.06. The number of hydrogen-bond donors (Lipinski definition) is 1. The predicted molar refractivity (Wildman–Crippen MR) is 96.0 cm³/mol. The SMILES string of the molecule is CC(C)S(=O)(=O)n1c(N)nc2ccc(C#Cc3ccccc3)cc21. The fourth-order valence-corrected chi connectivity index (χ4v) is 3.44. The largest absolute Gasteiger partial charge is 0.368 e. The summed E-state index contributed by atoms with van der Waals surface area (Å²) in [4.78, 5) is 4.13. The molecule has 0 unspecified atom stereocenters. The number of hydrogen-bond acceptors (Lipinski definition) is 4. The van der Waals surface area contributed by atoms with Crippen molar-refractivity contribution in [1.82, 2.24) is 8.96 Å². The van der Waals surface area contributed by atoms with Crippen molar-refractivity contribution in [3.05, 3.63) is 59.7 Å². The van der Waals surface area contributed by atoms with Crippen LogP contribution in [0.3, 0.4) is 0 Å². The van der Waals surface area contributed by atoms with Gasteiger partial charge in [0.15, 0.2) is 0 Å². The minimum absolute atomic E-state index is 0.0353. The molecule has 1 heterocycles. The Morgan fingerprint density at radius 2 is 1.71 bits per heavy atom. The second kappa shape index (κ2) is 6.02. The molecule has 0 atom stereocenters. The van der Waals surface area contributed by atoms with Crippen LogP contribution in [0.1, 0.15) is 25.0 Å². The molecule has 0 aliphatic heterocycles. The monoisotopic (exact) mass is 339 g/mol. The first-order valence-corrected chi connectivity index (χ1v) is 8.99. The molecule has 0 amide bonds. The third-order valence-corrected chi connectivity index (χ3v) is 5.70. The van der Waals surface area contributed by atoms with Gasteiger partial charge in [0.1, 0.15) is 0 Å². The van der Waals surface area contributed by atoms with Crippen molar-refractivity contribution in [2.45, 2.75) is 19.1 Å². The maximum Gasteiger partial charge on any atom is 0.244 e. The van der Waals surface area contributed by atoms with Crippen molar-refractivity contribution in [2.75, 3.05) is 5.73 Å². The summed E-state index contributed by atoms with van der Waals surface area (Å²) in [5, 5.41) is -0.601. The van der Waals surface area contributed by atoms with Crippen LogP contribution in [0.2, 0.25) is 0 Å². The lowest BCUT2D eigenvalue weighted by Gasteiger charge is -2.11. The Kier molecular flexibility index (Phi) is 4.04. The summed E-state index contributed by atoms with van der Waals surface area (Å²) >= 11 is 0. The highest BCUT2D eigenvalue weighted by molar-refractivity contribution is 7.90. The van der Waals surface area contributed by atoms with Crippen molar-refractivity contribution in [3.8, 4) is 11.8 Å². The summed E-state index contributed by atoms with van der Waals surface area (Å²) in [7, 11) is -3.59. The number of nitrogens with zero attached hydrogens (tertiary/aromatic N) is 2. The maximum absolute atomic E-state index is 12.5. The van der Waals surface area contributed by atoms with Crippen molar-refractivity contribution < 1.29 is 8.42 Å². The molecule has 0 spiro atoms. The Morgan fingerprint density at radius 3 is 2.38 bits per heavy atom. The number of aromatic nitrogens is 2. The lowest BCUT2D eigenvalue weighted by Crippen LogP contribution is -2.23. The van der Waals surface area contributed by atoms with E-state index in [1.54, 1.807) is 32.0 Å². The van der Waals surface area contributed by atoms with Crippen LogP contribution in [0.5, 0.6) is 0 Å². The van der Waals surface area contributed by atoms with E-state index in [4.69, 9.17) is 5.73 Å². The quantitative estimate of drug-likeness (QED) is 0.728. The van der Waals surface area contributed by atoms with E-state index in [-0.39, 0.29) is 5.95 Å². The van der Waals surface area contributed by atoms with Gasteiger partial charge in [-0.2, -0.15) is 0 Å². The fourth-order valence-electron chi connectivity index (χ4n) is 2.29. The van der Waals surface area contributed by atoms with Gasteiger partial charge in [-0.05, 0) is 44.2 Å². The van der Waals surface area contributed by atoms with Crippen LogP contribution in [-0.4, -0.2) is 22.6 Å². The molecule has 3 aromatic rings. The molecule has 2 aromatic carbocycles. The van der Waals surface area contributed by atoms with Crippen LogP contribution in [0.4, 0.5) is 5.95 Å². The minimum atomic E-state index is -3.59. The zero-order valence-electron chi connectivity index (χ0n) is 13.4. The van der Waals surface area contributed by atoms with Crippen LogP contribution in [0.15, 0.2) is 48.5 Å². The van der Waals surface area contributed by atoms with Gasteiger partial charge >= 0.3 is 0 Å². The van der Waals surface area contributed by atoms with Gasteiger partial charge in [0.05, 0.1) is 16.3 Å². The molecule has 6 heteroatoms. The molecule has 0 bridgehead atoms. The van der Waals surface area contributed by atoms with Gasteiger partial charge in [-0.3, -0.25) is 0 Å². The van der Waals surface area contributed by atoms with E-state index in [9.17, 15) is 8.42 Å². The van der Waals surface area contributed by atoms with Gasteiger partial charge in [-0.15, -0.1) is 0 Å². The first kappa shape index (κ1) is 16.1. The molecule has 0 saturated heterocycles. The van der Waals surface area contributed by atoms with Crippen molar-refractivity contribution in [2.24, 2.45) is 0 Å². The molecule has 0 radical (unpaired) electrons. The van der Waals surface area contributed by atoms with Gasteiger partial charge < -0.3 is 5.73 Å². The van der Waals surface area contributed by atoms with E-state index in [0.717, 1.165) is 9.54 Å². The Balaban J connectivity index is 2.14. The Hall–Kier alpha value is -2.78. The second-order valence-corrected chi connectivity index (χ2v) is 7.99. The molecule has 3 rings (SSSR count). The van der Waals surface area contributed by atoms with E-state index < -0.39 is 15.3 Å². The van der Waals surface area contributed by atoms with Gasteiger partial charge in [-0.1, -0.05) is 30.0 Å². The first-order chi connectivity index (χ1) is 11.4. The van der Waals surface area contributed by atoms with Crippen LogP contribution in [0.25, 0.3) is 11.0 Å². The van der Waals surface area contributed by atoms with Gasteiger partial charge in [0.2, 0.25) is 16.0 Å². The molecular weight excluding hydrogens is 322 g/mol. The number of anilines is 1. The van der Waals surface area contributed by atoms with Crippen molar-refractivity contribution >= 4 is 27.0 Å². The number of benzene rings is 2. The number of imidazole rings is 1. The predicted octanol–water partition coefficient (Wildman–Crippen LogP) is 2.60. The molecule has 0 saturated carbocycles. The molecule has 2 N–H and O–H groups in total. The fraction of sp³-hybridized carbons (Fsp3) is 0.167. The highest BCUT2D eigenvalue weighted by atomic mass is 32.2. The summed E-state index contributed by atoms with van der Waals surface area (Å²) in [5.41, 5.74) is 8.39. The maximum atomic E-state index is 12.5. The summed E-state index contributed by atoms with van der Waals surface area (Å²) in [6.45, 7) is 3.22. The summed E-state index contributed by atoms with van der Waals surface area (Å²) in [6.07, 6.45) is 0. The van der Waals surface area contributed by atoms with Gasteiger partial charge in [0.25, 0.3) is 0 Å². The lowest BCUT2D eigenvalue weighted by molar-refractivity contribution is 0.580. The van der Waals surface area contributed by atoms with Crippen LogP contribution in [-0.2, 0) is 10.0 Å². The topological polar surface area (TPSA) is 78.0 Å². The third-order valence-electron chi connectivity index (χ3n) is 3.61. The smallest absolute Gasteiger partial charge is 0.244 e.